The van der Waals surface area contributed by atoms with Crippen LogP contribution in [0.2, 0.25) is 0 Å². The molecule has 0 aliphatic rings. The van der Waals surface area contributed by atoms with Crippen LogP contribution in [0.15, 0.2) is 28.7 Å². The van der Waals surface area contributed by atoms with Gasteiger partial charge in [-0.15, -0.1) is 11.6 Å². The Morgan fingerprint density at radius 3 is 2.60 bits per heavy atom. The smallest absolute Gasteiger partial charge is 0.163 e. The van der Waals surface area contributed by atoms with Crippen LogP contribution >= 0.6 is 27.5 Å². The molecule has 0 fully saturated rings. The standard InChI is InChI=1S/C14H14BrClN4/c1-9-13-14(19(2)18-9)20(12(17-13)7-8-16)11-5-3-10(15)4-6-11/h3-6H,7-8H2,1-2H3. The highest BCUT2D eigenvalue weighted by atomic mass is 79.9. The second-order valence-corrected chi connectivity index (χ2v) is 5.95. The number of hydrogen-bond acceptors (Lipinski definition) is 2. The average molecular weight is 354 g/mol. The summed E-state index contributed by atoms with van der Waals surface area (Å²) in [5, 5.41) is 4.45. The highest BCUT2D eigenvalue weighted by molar-refractivity contribution is 9.10. The Morgan fingerprint density at radius 2 is 1.95 bits per heavy atom. The fourth-order valence-electron chi connectivity index (χ4n) is 2.43. The summed E-state index contributed by atoms with van der Waals surface area (Å²) in [5.41, 5.74) is 3.95. The van der Waals surface area contributed by atoms with Crippen molar-refractivity contribution in [1.82, 2.24) is 19.3 Å². The summed E-state index contributed by atoms with van der Waals surface area (Å²) in [6.07, 6.45) is 0.728. The van der Waals surface area contributed by atoms with Gasteiger partial charge >= 0.3 is 0 Å². The second-order valence-electron chi connectivity index (χ2n) is 4.66. The predicted molar refractivity (Wildman–Crippen MR) is 84.7 cm³/mol. The molecule has 4 nitrogen and oxygen atoms in total. The first-order valence-electron chi connectivity index (χ1n) is 6.34. The highest BCUT2D eigenvalue weighted by Gasteiger charge is 2.18. The van der Waals surface area contributed by atoms with E-state index in [1.807, 2.05) is 30.8 Å². The zero-order valence-electron chi connectivity index (χ0n) is 11.3. The average Bonchev–Trinajstić information content (AvgIpc) is 2.91. The number of hydrogen-bond donors (Lipinski definition) is 0. The SMILES string of the molecule is Cc1nn(C)c2c1nc(CCCl)n2-c1ccc(Br)cc1. The number of nitrogens with zero attached hydrogens (tertiary/aromatic N) is 4. The highest BCUT2D eigenvalue weighted by Crippen LogP contribution is 2.25. The normalized spacial score (nSPS) is 11.4. The van der Waals surface area contributed by atoms with Crippen molar-refractivity contribution in [3.05, 3.63) is 40.3 Å². The molecular formula is C14H14BrClN4. The molecule has 2 aromatic heterocycles. The zero-order chi connectivity index (χ0) is 14.3. The second kappa shape index (κ2) is 5.22. The Kier molecular flexibility index (Phi) is 3.56. The van der Waals surface area contributed by atoms with Crippen LogP contribution in [-0.4, -0.2) is 25.2 Å². The molecule has 2 heterocycles. The molecular weight excluding hydrogens is 340 g/mol. The minimum Gasteiger partial charge on any atom is -0.281 e. The molecule has 3 rings (SSSR count). The number of halogens is 2. The number of aromatic nitrogens is 4. The molecule has 0 atom stereocenters. The van der Waals surface area contributed by atoms with E-state index in [2.05, 4.69) is 37.7 Å². The fourth-order valence-corrected chi connectivity index (χ4v) is 2.86. The van der Waals surface area contributed by atoms with Crippen LogP contribution < -0.4 is 0 Å². The van der Waals surface area contributed by atoms with Gasteiger partial charge in [0.15, 0.2) is 5.65 Å². The number of alkyl halides is 1. The molecule has 0 spiro atoms. The lowest BCUT2D eigenvalue weighted by Crippen LogP contribution is -2.06. The molecule has 0 aliphatic heterocycles. The van der Waals surface area contributed by atoms with Crippen molar-refractivity contribution < 1.29 is 0 Å². The van der Waals surface area contributed by atoms with E-state index in [-0.39, 0.29) is 0 Å². The molecule has 0 bridgehead atoms. The first-order chi connectivity index (χ1) is 9.61. The van der Waals surface area contributed by atoms with Gasteiger partial charge in [0.05, 0.1) is 5.69 Å². The Hall–Kier alpha value is -1.33. The molecule has 6 heteroatoms. The van der Waals surface area contributed by atoms with E-state index in [0.29, 0.717) is 5.88 Å². The summed E-state index contributed by atoms with van der Waals surface area (Å²) in [6.45, 7) is 1.98. The van der Waals surface area contributed by atoms with Gasteiger partial charge in [-0.1, -0.05) is 15.9 Å². The van der Waals surface area contributed by atoms with Crippen molar-refractivity contribution in [1.29, 1.82) is 0 Å². The van der Waals surface area contributed by atoms with Crippen LogP contribution in [0.3, 0.4) is 0 Å². The first-order valence-corrected chi connectivity index (χ1v) is 7.67. The van der Waals surface area contributed by atoms with E-state index in [1.54, 1.807) is 0 Å². The Balaban J connectivity index is 2.30. The van der Waals surface area contributed by atoms with Gasteiger partial charge in [0.25, 0.3) is 0 Å². The molecule has 0 unspecified atom stereocenters. The number of aryl methyl sites for hydroxylation is 3. The van der Waals surface area contributed by atoms with Crippen molar-refractivity contribution in [2.75, 3.05) is 5.88 Å². The van der Waals surface area contributed by atoms with Gasteiger partial charge < -0.3 is 0 Å². The quantitative estimate of drug-likeness (QED) is 0.674. The largest absolute Gasteiger partial charge is 0.281 e. The van der Waals surface area contributed by atoms with E-state index in [0.717, 1.165) is 39.3 Å². The van der Waals surface area contributed by atoms with Crippen molar-refractivity contribution >= 4 is 38.7 Å². The summed E-state index contributed by atoms with van der Waals surface area (Å²) in [6, 6.07) is 8.17. The Bertz CT molecular complexity index is 758. The van der Waals surface area contributed by atoms with E-state index in [9.17, 15) is 0 Å². The molecule has 1 aromatic carbocycles. The van der Waals surface area contributed by atoms with Crippen molar-refractivity contribution in [3.8, 4) is 5.69 Å². The number of imidazole rings is 1. The predicted octanol–water partition coefficient (Wildman–Crippen LogP) is 3.61. The lowest BCUT2D eigenvalue weighted by Gasteiger charge is -2.09. The Morgan fingerprint density at radius 1 is 1.25 bits per heavy atom. The molecule has 104 valence electrons. The fraction of sp³-hybridized carbons (Fsp3) is 0.286. The molecule has 0 N–H and O–H groups in total. The number of benzene rings is 1. The molecule has 3 aromatic rings. The maximum absolute atomic E-state index is 5.91. The lowest BCUT2D eigenvalue weighted by molar-refractivity contribution is 0.751. The van der Waals surface area contributed by atoms with Gasteiger partial charge in [-0.25, -0.2) is 9.67 Å². The maximum atomic E-state index is 5.91. The van der Waals surface area contributed by atoms with Crippen LogP contribution in [0.4, 0.5) is 0 Å². The van der Waals surface area contributed by atoms with Gasteiger partial charge in [-0.05, 0) is 31.2 Å². The number of fused-ring (bicyclic) bond motifs is 1. The summed E-state index contributed by atoms with van der Waals surface area (Å²) in [5.74, 6) is 1.51. The van der Waals surface area contributed by atoms with Crippen LogP contribution in [-0.2, 0) is 13.5 Å². The molecule has 0 amide bonds. The maximum Gasteiger partial charge on any atom is 0.163 e. The van der Waals surface area contributed by atoms with Gasteiger partial charge in [-0.2, -0.15) is 5.10 Å². The number of rotatable bonds is 3. The van der Waals surface area contributed by atoms with Crippen LogP contribution in [0.5, 0.6) is 0 Å². The Labute approximate surface area is 130 Å². The lowest BCUT2D eigenvalue weighted by atomic mass is 10.3. The van der Waals surface area contributed by atoms with Crippen LogP contribution in [0, 0.1) is 6.92 Å². The summed E-state index contributed by atoms with van der Waals surface area (Å²) >= 11 is 9.37. The third-order valence-electron chi connectivity index (χ3n) is 3.27. The van der Waals surface area contributed by atoms with Crippen molar-refractivity contribution in [3.63, 3.8) is 0 Å². The molecule has 0 saturated heterocycles. The van der Waals surface area contributed by atoms with Crippen molar-refractivity contribution in [2.45, 2.75) is 13.3 Å². The van der Waals surface area contributed by atoms with Gasteiger partial charge in [0, 0.05) is 29.5 Å². The molecule has 0 saturated carbocycles. The summed E-state index contributed by atoms with van der Waals surface area (Å²) < 4.78 is 5.05. The van der Waals surface area contributed by atoms with E-state index < -0.39 is 0 Å². The van der Waals surface area contributed by atoms with E-state index in [4.69, 9.17) is 16.6 Å². The minimum absolute atomic E-state index is 0.548. The summed E-state index contributed by atoms with van der Waals surface area (Å²) in [4.78, 5) is 4.71. The first kappa shape index (κ1) is 13.6. The molecule has 20 heavy (non-hydrogen) atoms. The third kappa shape index (κ3) is 2.15. The zero-order valence-corrected chi connectivity index (χ0v) is 13.6. The third-order valence-corrected chi connectivity index (χ3v) is 3.99. The van der Waals surface area contributed by atoms with Crippen LogP contribution in [0.25, 0.3) is 16.9 Å². The topological polar surface area (TPSA) is 35.6 Å². The minimum atomic E-state index is 0.548. The van der Waals surface area contributed by atoms with Gasteiger partial charge in [-0.3, -0.25) is 4.57 Å². The van der Waals surface area contributed by atoms with Gasteiger partial charge in [0.1, 0.15) is 11.3 Å². The van der Waals surface area contributed by atoms with Gasteiger partial charge in [0.2, 0.25) is 0 Å². The molecule has 0 aliphatic carbocycles. The van der Waals surface area contributed by atoms with Crippen molar-refractivity contribution in [2.24, 2.45) is 7.05 Å². The van der Waals surface area contributed by atoms with E-state index >= 15 is 0 Å². The molecule has 0 radical (unpaired) electrons. The monoisotopic (exact) mass is 352 g/mol. The van der Waals surface area contributed by atoms with Crippen LogP contribution in [0.1, 0.15) is 11.5 Å². The summed E-state index contributed by atoms with van der Waals surface area (Å²) in [7, 11) is 1.94. The van der Waals surface area contributed by atoms with E-state index in [1.165, 1.54) is 0 Å².